The molecule has 0 atom stereocenters. The molecule has 0 saturated heterocycles. The van der Waals surface area contributed by atoms with Gasteiger partial charge in [0.1, 0.15) is 6.54 Å². The number of hydrogen-bond acceptors (Lipinski definition) is 5. The maximum atomic E-state index is 12.1. The van der Waals surface area contributed by atoms with Crippen LogP contribution in [0.1, 0.15) is 5.56 Å². The van der Waals surface area contributed by atoms with E-state index >= 15 is 0 Å². The zero-order valence-corrected chi connectivity index (χ0v) is 10.6. The quantitative estimate of drug-likeness (QED) is 0.461. The van der Waals surface area contributed by atoms with Gasteiger partial charge in [0, 0.05) is 13.1 Å². The maximum absolute atomic E-state index is 12.1. The molecule has 0 heterocycles. The van der Waals surface area contributed by atoms with Gasteiger partial charge < -0.3 is 0 Å². The number of aryl methyl sites for hydroxylation is 1. The third-order valence-corrected chi connectivity index (χ3v) is 4.35. The highest BCUT2D eigenvalue weighted by Crippen LogP contribution is 2.28. The van der Waals surface area contributed by atoms with Gasteiger partial charge in [-0.15, -0.1) is 0 Å². The van der Waals surface area contributed by atoms with E-state index in [1.807, 2.05) is 0 Å². The molecule has 96 valence electrons. The number of rotatable bonds is 4. The van der Waals surface area contributed by atoms with Gasteiger partial charge in [-0.1, -0.05) is 12.1 Å². The van der Waals surface area contributed by atoms with E-state index in [1.54, 1.807) is 6.07 Å². The summed E-state index contributed by atoms with van der Waals surface area (Å²) in [4.78, 5) is 9.74. The molecule has 0 aliphatic heterocycles. The van der Waals surface area contributed by atoms with Crippen molar-refractivity contribution in [3.8, 4) is 6.07 Å². The van der Waals surface area contributed by atoms with Crippen molar-refractivity contribution in [1.82, 2.24) is 4.31 Å². The van der Waals surface area contributed by atoms with Gasteiger partial charge in [-0.3, -0.25) is 10.1 Å². The van der Waals surface area contributed by atoms with E-state index in [-0.39, 0.29) is 17.0 Å². The minimum absolute atomic E-state index is 0.272. The van der Waals surface area contributed by atoms with Crippen LogP contribution in [0.4, 0.5) is 5.69 Å². The van der Waals surface area contributed by atoms with Gasteiger partial charge in [-0.25, -0.2) is 8.42 Å². The Hall–Kier alpha value is -1.98. The average Bonchev–Trinajstić information content (AvgIpc) is 2.28. The number of benzene rings is 1. The van der Waals surface area contributed by atoms with Crippen LogP contribution in [-0.2, 0) is 10.0 Å². The first-order chi connectivity index (χ1) is 8.32. The van der Waals surface area contributed by atoms with Crippen LogP contribution in [-0.4, -0.2) is 31.2 Å². The minimum atomic E-state index is -4.04. The standard InChI is InChI=1S/C10H11N3O4S/c1-8-4-3-5-9(13(14)15)10(8)18(16,17)12(2)7-6-11/h3-5H,7H2,1-2H3. The maximum Gasteiger partial charge on any atom is 0.289 e. The molecule has 0 saturated carbocycles. The van der Waals surface area contributed by atoms with E-state index in [0.29, 0.717) is 0 Å². The van der Waals surface area contributed by atoms with E-state index in [4.69, 9.17) is 5.26 Å². The molecule has 1 aromatic rings. The third-order valence-electron chi connectivity index (χ3n) is 2.35. The van der Waals surface area contributed by atoms with E-state index < -0.39 is 20.6 Å². The molecule has 0 N–H and O–H groups in total. The lowest BCUT2D eigenvalue weighted by atomic mass is 10.2. The second-order valence-corrected chi connectivity index (χ2v) is 5.58. The van der Waals surface area contributed by atoms with Gasteiger partial charge in [0.05, 0.1) is 11.0 Å². The molecular formula is C10H11N3O4S. The molecule has 7 nitrogen and oxygen atoms in total. The average molecular weight is 269 g/mol. The second kappa shape index (κ2) is 5.12. The largest absolute Gasteiger partial charge is 0.289 e. The molecular weight excluding hydrogens is 258 g/mol. The Bertz CT molecular complexity index is 619. The number of nitriles is 1. The normalized spacial score (nSPS) is 11.2. The fourth-order valence-corrected chi connectivity index (χ4v) is 2.88. The molecule has 1 aromatic carbocycles. The van der Waals surface area contributed by atoms with Crippen LogP contribution in [0.2, 0.25) is 0 Å². The van der Waals surface area contributed by atoms with Gasteiger partial charge in [0.15, 0.2) is 4.90 Å². The lowest BCUT2D eigenvalue weighted by Gasteiger charge is -2.15. The summed E-state index contributed by atoms with van der Waals surface area (Å²) < 4.78 is 25.1. The fourth-order valence-electron chi connectivity index (χ4n) is 1.46. The van der Waals surface area contributed by atoms with Crippen LogP contribution < -0.4 is 0 Å². The monoisotopic (exact) mass is 269 g/mol. The first-order valence-electron chi connectivity index (χ1n) is 4.89. The van der Waals surface area contributed by atoms with Crippen molar-refractivity contribution < 1.29 is 13.3 Å². The molecule has 0 aromatic heterocycles. The molecule has 18 heavy (non-hydrogen) atoms. The van der Waals surface area contributed by atoms with Gasteiger partial charge in [0.25, 0.3) is 15.7 Å². The minimum Gasteiger partial charge on any atom is -0.258 e. The van der Waals surface area contributed by atoms with Crippen LogP contribution in [0.15, 0.2) is 23.1 Å². The van der Waals surface area contributed by atoms with Crippen molar-refractivity contribution >= 4 is 15.7 Å². The number of sulfonamides is 1. The van der Waals surface area contributed by atoms with E-state index in [9.17, 15) is 18.5 Å². The van der Waals surface area contributed by atoms with E-state index in [0.717, 1.165) is 10.4 Å². The van der Waals surface area contributed by atoms with Crippen molar-refractivity contribution in [2.45, 2.75) is 11.8 Å². The zero-order chi connectivity index (χ0) is 13.9. The molecule has 0 aliphatic rings. The summed E-state index contributed by atoms with van der Waals surface area (Å²) in [6.45, 7) is 1.11. The Labute approximate surface area is 104 Å². The zero-order valence-electron chi connectivity index (χ0n) is 9.82. The van der Waals surface area contributed by atoms with Crippen LogP contribution in [0.3, 0.4) is 0 Å². The Morgan fingerprint density at radius 2 is 2.11 bits per heavy atom. The van der Waals surface area contributed by atoms with Gasteiger partial charge in [-0.05, 0) is 12.5 Å². The molecule has 0 radical (unpaired) electrons. The molecule has 0 fully saturated rings. The van der Waals surface area contributed by atoms with Gasteiger partial charge >= 0.3 is 0 Å². The predicted molar refractivity (Wildman–Crippen MR) is 63.3 cm³/mol. The number of nitro groups is 1. The Kier molecular flexibility index (Phi) is 4.00. The number of nitro benzene ring substituents is 1. The predicted octanol–water partition coefficient (Wildman–Crippen LogP) is 1.05. The topological polar surface area (TPSA) is 104 Å². The Balaban J connectivity index is 3.51. The van der Waals surface area contributed by atoms with E-state index in [1.165, 1.54) is 26.1 Å². The highest BCUT2D eigenvalue weighted by atomic mass is 32.2. The summed E-state index contributed by atoms with van der Waals surface area (Å²) in [6, 6.07) is 5.70. The van der Waals surface area contributed by atoms with Crippen LogP contribution in [0, 0.1) is 28.4 Å². The van der Waals surface area contributed by atoms with Crippen LogP contribution in [0.25, 0.3) is 0 Å². The van der Waals surface area contributed by atoms with Gasteiger partial charge in [-0.2, -0.15) is 9.57 Å². The number of nitrogens with zero attached hydrogens (tertiary/aromatic N) is 3. The van der Waals surface area contributed by atoms with Crippen molar-refractivity contribution in [2.24, 2.45) is 0 Å². The van der Waals surface area contributed by atoms with Crippen LogP contribution in [0.5, 0.6) is 0 Å². The molecule has 0 spiro atoms. The van der Waals surface area contributed by atoms with Gasteiger partial charge in [0.2, 0.25) is 0 Å². The summed E-state index contributed by atoms with van der Waals surface area (Å²) in [5.74, 6) is 0. The smallest absolute Gasteiger partial charge is 0.258 e. The molecule has 1 rings (SSSR count). The molecule has 8 heteroatoms. The van der Waals surface area contributed by atoms with Crippen molar-refractivity contribution in [2.75, 3.05) is 13.6 Å². The number of hydrogen-bond donors (Lipinski definition) is 0. The summed E-state index contributed by atoms with van der Waals surface area (Å²) in [5.41, 5.74) is -0.214. The lowest BCUT2D eigenvalue weighted by Crippen LogP contribution is -2.28. The lowest BCUT2D eigenvalue weighted by molar-refractivity contribution is -0.387. The third kappa shape index (κ3) is 2.47. The first-order valence-corrected chi connectivity index (χ1v) is 6.33. The highest BCUT2D eigenvalue weighted by molar-refractivity contribution is 7.89. The Morgan fingerprint density at radius 3 is 2.61 bits per heavy atom. The molecule has 0 bridgehead atoms. The summed E-state index contributed by atoms with van der Waals surface area (Å²) in [6.07, 6.45) is 0. The van der Waals surface area contributed by atoms with Crippen molar-refractivity contribution in [3.63, 3.8) is 0 Å². The molecule has 0 unspecified atom stereocenters. The first kappa shape index (κ1) is 14.1. The molecule has 0 aliphatic carbocycles. The summed E-state index contributed by atoms with van der Waals surface area (Å²) >= 11 is 0. The SMILES string of the molecule is Cc1cccc([N+](=O)[O-])c1S(=O)(=O)N(C)CC#N. The molecule has 0 amide bonds. The van der Waals surface area contributed by atoms with Crippen LogP contribution >= 0.6 is 0 Å². The van der Waals surface area contributed by atoms with E-state index in [2.05, 4.69) is 0 Å². The Morgan fingerprint density at radius 1 is 1.50 bits per heavy atom. The fraction of sp³-hybridized carbons (Fsp3) is 0.300. The highest BCUT2D eigenvalue weighted by Gasteiger charge is 2.31. The van der Waals surface area contributed by atoms with Crippen molar-refractivity contribution in [3.05, 3.63) is 33.9 Å². The second-order valence-electron chi connectivity index (χ2n) is 3.60. The van der Waals surface area contributed by atoms with Crippen molar-refractivity contribution in [1.29, 1.82) is 5.26 Å². The summed E-state index contributed by atoms with van der Waals surface area (Å²) in [7, 11) is -2.84. The summed E-state index contributed by atoms with van der Waals surface area (Å²) in [5, 5.41) is 19.4.